The van der Waals surface area contributed by atoms with Crippen molar-refractivity contribution in [3.8, 4) is 5.69 Å². The maximum atomic E-state index is 12.8. The number of hydrogen-bond donors (Lipinski definition) is 2. The Balaban J connectivity index is 0.00000264. The molecule has 0 aliphatic rings. The molecule has 0 radical (unpaired) electrons. The van der Waals surface area contributed by atoms with E-state index in [1.54, 1.807) is 6.92 Å². The Kier molecular flexibility index (Phi) is 6.17. The van der Waals surface area contributed by atoms with Gasteiger partial charge in [0.2, 0.25) is 5.91 Å². The van der Waals surface area contributed by atoms with E-state index in [1.807, 2.05) is 0 Å². The number of amides is 1. The van der Waals surface area contributed by atoms with Crippen molar-refractivity contribution in [1.82, 2.24) is 9.78 Å². The smallest absolute Gasteiger partial charge is 0.327 e. The lowest BCUT2D eigenvalue weighted by molar-refractivity contribution is -0.142. The van der Waals surface area contributed by atoms with Crippen molar-refractivity contribution >= 4 is 24.0 Å². The number of aromatic nitrogens is 2. The number of alkyl halides is 3. The van der Waals surface area contributed by atoms with Crippen LogP contribution < -0.4 is 11.1 Å². The molecule has 3 N–H and O–H groups in total. The Labute approximate surface area is 137 Å². The number of nitrogens with one attached hydrogen (secondary N) is 1. The van der Waals surface area contributed by atoms with Gasteiger partial charge in [0.1, 0.15) is 5.69 Å². The molecule has 5 nitrogen and oxygen atoms in total. The van der Waals surface area contributed by atoms with Crippen molar-refractivity contribution in [2.75, 3.05) is 5.32 Å². The Bertz CT molecular complexity index is 653. The summed E-state index contributed by atoms with van der Waals surface area (Å²) in [5, 5.41) is 6.30. The third-order valence-corrected chi connectivity index (χ3v) is 2.84. The predicted octanol–water partition coefficient (Wildman–Crippen LogP) is 2.99. The van der Waals surface area contributed by atoms with E-state index >= 15 is 0 Å². The zero-order chi connectivity index (χ0) is 16.3. The summed E-state index contributed by atoms with van der Waals surface area (Å²) in [6, 6.07) is 6.55. The quantitative estimate of drug-likeness (QED) is 0.892. The minimum Gasteiger partial charge on any atom is -0.327 e. The maximum absolute atomic E-state index is 12.8. The molecule has 0 bridgehead atoms. The lowest BCUT2D eigenvalue weighted by Gasteiger charge is -2.11. The highest BCUT2D eigenvalue weighted by Crippen LogP contribution is 2.30. The van der Waals surface area contributed by atoms with Crippen molar-refractivity contribution in [2.45, 2.75) is 25.6 Å². The van der Waals surface area contributed by atoms with Crippen LogP contribution in [0.5, 0.6) is 0 Å². The van der Waals surface area contributed by atoms with E-state index in [2.05, 4.69) is 10.4 Å². The van der Waals surface area contributed by atoms with Gasteiger partial charge in [-0.1, -0.05) is 0 Å². The number of nitrogens with zero attached hydrogens (tertiary/aromatic N) is 2. The standard InChI is InChI=1S/C14H15F3N4O.ClH/c1-9(18)8-13(22)20-10-2-4-11(5-3-10)21-12(6-7-19-21)14(15,16)17;/h2-7,9H,8,18H2,1H3,(H,20,22);1H. The average molecular weight is 349 g/mol. The molecule has 2 aromatic rings. The van der Waals surface area contributed by atoms with Gasteiger partial charge in [-0.15, -0.1) is 12.4 Å². The van der Waals surface area contributed by atoms with Crippen LogP contribution in [0, 0.1) is 0 Å². The van der Waals surface area contributed by atoms with Gasteiger partial charge in [0.25, 0.3) is 0 Å². The average Bonchev–Trinajstić information content (AvgIpc) is 2.87. The Morgan fingerprint density at radius 2 is 1.91 bits per heavy atom. The van der Waals surface area contributed by atoms with Gasteiger partial charge in [-0.3, -0.25) is 4.79 Å². The maximum Gasteiger partial charge on any atom is 0.433 e. The van der Waals surface area contributed by atoms with E-state index in [0.29, 0.717) is 5.69 Å². The number of nitrogens with two attached hydrogens (primary N) is 1. The first kappa shape index (κ1) is 19.0. The molecule has 1 amide bonds. The van der Waals surface area contributed by atoms with E-state index in [9.17, 15) is 18.0 Å². The second-order valence-corrected chi connectivity index (χ2v) is 4.90. The number of halogens is 4. The molecule has 1 atom stereocenters. The minimum atomic E-state index is -4.49. The lowest BCUT2D eigenvalue weighted by atomic mass is 10.2. The highest BCUT2D eigenvalue weighted by molar-refractivity contribution is 5.91. The summed E-state index contributed by atoms with van der Waals surface area (Å²) in [6.45, 7) is 1.71. The van der Waals surface area contributed by atoms with Crippen LogP contribution >= 0.6 is 12.4 Å². The van der Waals surface area contributed by atoms with Crippen LogP contribution in [0.25, 0.3) is 5.69 Å². The minimum absolute atomic E-state index is 0. The number of carbonyl (C=O) groups excluding carboxylic acids is 1. The molecule has 1 aromatic carbocycles. The summed E-state index contributed by atoms with van der Waals surface area (Å²) in [7, 11) is 0. The third-order valence-electron chi connectivity index (χ3n) is 2.84. The van der Waals surface area contributed by atoms with Crippen LogP contribution in [0.15, 0.2) is 36.5 Å². The third kappa shape index (κ3) is 4.97. The molecule has 0 saturated heterocycles. The van der Waals surface area contributed by atoms with Gasteiger partial charge in [0, 0.05) is 18.2 Å². The summed E-state index contributed by atoms with van der Waals surface area (Å²) < 4.78 is 39.2. The number of benzene rings is 1. The summed E-state index contributed by atoms with van der Waals surface area (Å²) in [5.41, 5.74) is 5.39. The molecule has 0 fully saturated rings. The fraction of sp³-hybridized carbons (Fsp3) is 0.286. The van der Waals surface area contributed by atoms with Gasteiger partial charge in [0.15, 0.2) is 0 Å². The molecular weight excluding hydrogens is 333 g/mol. The van der Waals surface area contributed by atoms with Crippen LogP contribution in [-0.4, -0.2) is 21.7 Å². The zero-order valence-corrected chi connectivity index (χ0v) is 13.0. The largest absolute Gasteiger partial charge is 0.433 e. The fourth-order valence-electron chi connectivity index (χ4n) is 1.91. The molecule has 126 valence electrons. The van der Waals surface area contributed by atoms with Crippen LogP contribution in [0.1, 0.15) is 19.0 Å². The summed E-state index contributed by atoms with van der Waals surface area (Å²) in [4.78, 5) is 11.6. The van der Waals surface area contributed by atoms with Gasteiger partial charge >= 0.3 is 6.18 Å². The first-order valence-corrected chi connectivity index (χ1v) is 6.54. The Morgan fingerprint density at radius 3 is 2.43 bits per heavy atom. The molecule has 1 heterocycles. The lowest BCUT2D eigenvalue weighted by Crippen LogP contribution is -2.23. The molecule has 1 unspecified atom stereocenters. The van der Waals surface area contributed by atoms with E-state index < -0.39 is 11.9 Å². The van der Waals surface area contributed by atoms with Crippen LogP contribution in [0.4, 0.5) is 18.9 Å². The molecule has 2 rings (SSSR count). The van der Waals surface area contributed by atoms with Gasteiger partial charge in [-0.05, 0) is 37.3 Å². The normalized spacial score (nSPS) is 12.4. The molecule has 0 spiro atoms. The molecule has 9 heteroatoms. The summed E-state index contributed by atoms with van der Waals surface area (Å²) in [6.07, 6.45) is -3.24. The number of rotatable bonds is 4. The summed E-state index contributed by atoms with van der Waals surface area (Å²) >= 11 is 0. The van der Waals surface area contributed by atoms with Crippen molar-refractivity contribution in [3.63, 3.8) is 0 Å². The summed E-state index contributed by atoms with van der Waals surface area (Å²) in [5.74, 6) is -0.252. The molecule has 0 saturated carbocycles. The number of anilines is 1. The molecular formula is C14H16ClF3N4O. The highest BCUT2D eigenvalue weighted by Gasteiger charge is 2.35. The molecule has 0 aliphatic carbocycles. The van der Waals surface area contributed by atoms with Crippen LogP contribution in [-0.2, 0) is 11.0 Å². The van der Waals surface area contributed by atoms with Gasteiger partial charge in [-0.2, -0.15) is 18.3 Å². The van der Waals surface area contributed by atoms with E-state index in [-0.39, 0.29) is 36.5 Å². The number of hydrogen-bond acceptors (Lipinski definition) is 3. The molecule has 23 heavy (non-hydrogen) atoms. The SMILES string of the molecule is CC(N)CC(=O)Nc1ccc(-n2nccc2C(F)(F)F)cc1.Cl. The van der Waals surface area contributed by atoms with E-state index in [4.69, 9.17) is 5.73 Å². The van der Waals surface area contributed by atoms with Crippen molar-refractivity contribution in [3.05, 3.63) is 42.2 Å². The monoisotopic (exact) mass is 348 g/mol. The van der Waals surface area contributed by atoms with Crippen molar-refractivity contribution in [2.24, 2.45) is 5.73 Å². The van der Waals surface area contributed by atoms with E-state index in [1.165, 1.54) is 24.3 Å². The highest BCUT2D eigenvalue weighted by atomic mass is 35.5. The Morgan fingerprint density at radius 1 is 1.30 bits per heavy atom. The molecule has 1 aromatic heterocycles. The second kappa shape index (κ2) is 7.47. The zero-order valence-electron chi connectivity index (χ0n) is 12.2. The second-order valence-electron chi connectivity index (χ2n) is 4.90. The van der Waals surface area contributed by atoms with Gasteiger partial charge in [-0.25, -0.2) is 4.68 Å². The topological polar surface area (TPSA) is 72.9 Å². The number of carbonyl (C=O) groups is 1. The fourth-order valence-corrected chi connectivity index (χ4v) is 1.91. The van der Waals surface area contributed by atoms with Crippen molar-refractivity contribution < 1.29 is 18.0 Å². The van der Waals surface area contributed by atoms with Gasteiger partial charge < -0.3 is 11.1 Å². The van der Waals surface area contributed by atoms with Crippen LogP contribution in [0.2, 0.25) is 0 Å². The molecule has 0 aliphatic heterocycles. The van der Waals surface area contributed by atoms with E-state index in [0.717, 1.165) is 16.9 Å². The Hall–Kier alpha value is -2.06. The first-order chi connectivity index (χ1) is 10.3. The first-order valence-electron chi connectivity index (χ1n) is 6.54. The van der Waals surface area contributed by atoms with Crippen molar-refractivity contribution in [1.29, 1.82) is 0 Å². The van der Waals surface area contributed by atoms with Gasteiger partial charge in [0.05, 0.1) is 11.9 Å². The predicted molar refractivity (Wildman–Crippen MR) is 82.7 cm³/mol. The van der Waals surface area contributed by atoms with Crippen LogP contribution in [0.3, 0.4) is 0 Å².